The first-order chi connectivity index (χ1) is 21.9. The van der Waals surface area contributed by atoms with Crippen LogP contribution < -0.4 is 0 Å². The number of rotatable bonds is 38. The molecule has 0 aliphatic heterocycles. The third kappa shape index (κ3) is 33.6. The highest BCUT2D eigenvalue weighted by Crippen LogP contribution is 2.21. The summed E-state index contributed by atoms with van der Waals surface area (Å²) in [5.41, 5.74) is 0. The van der Waals surface area contributed by atoms with Crippen LogP contribution in [0, 0.1) is 0 Å². The number of hydrogen-bond acceptors (Lipinski definition) is 2. The number of unbranched alkanes of at least 4 members (excludes halogenated alkanes) is 30. The summed E-state index contributed by atoms with van der Waals surface area (Å²) in [7, 11) is -4.00. The molecule has 4 nitrogen and oxygen atoms in total. The van der Waals surface area contributed by atoms with Gasteiger partial charge in [0, 0.05) is 0 Å². The molecule has 0 aromatic rings. The molecule has 0 fully saturated rings. The second-order valence-electron chi connectivity index (χ2n) is 14.8. The van der Waals surface area contributed by atoms with Crippen molar-refractivity contribution in [2.24, 2.45) is 0 Å². The predicted molar refractivity (Wildman–Crippen MR) is 201 cm³/mol. The zero-order chi connectivity index (χ0) is 33.2. The van der Waals surface area contributed by atoms with E-state index >= 15 is 0 Å². The number of quaternary nitrogens is 1. The van der Waals surface area contributed by atoms with Gasteiger partial charge in [0.2, 0.25) is 5.88 Å². The Morgan fingerprint density at radius 3 is 0.689 bits per heavy atom. The molecule has 1 N–H and O–H groups in total. The lowest BCUT2D eigenvalue weighted by Crippen LogP contribution is -2.53. The van der Waals surface area contributed by atoms with Gasteiger partial charge in [-0.3, -0.25) is 4.55 Å². The molecule has 0 aromatic carbocycles. The van der Waals surface area contributed by atoms with Crippen LogP contribution in [0.3, 0.4) is 0 Å². The van der Waals surface area contributed by atoms with E-state index in [1.807, 2.05) is 0 Å². The Bertz CT molecular complexity index is 616. The molecule has 5 heteroatoms. The van der Waals surface area contributed by atoms with Crippen LogP contribution in [-0.4, -0.2) is 43.0 Å². The van der Waals surface area contributed by atoms with Gasteiger partial charge in [-0.15, -0.1) is 0 Å². The molecule has 0 rings (SSSR count). The molecule has 0 spiro atoms. The molecule has 0 saturated heterocycles. The lowest BCUT2D eigenvalue weighted by Gasteiger charge is -2.38. The SMILES string of the molecule is CCCCCCCCCCCCC[N+](CCCCCCCCCCCCC)(CCCCCCCCCCCCC)CS(=O)(=O)O. The first-order valence-electron chi connectivity index (χ1n) is 20.7. The molecule has 0 amide bonds. The summed E-state index contributed by atoms with van der Waals surface area (Å²) >= 11 is 0. The third-order valence-corrected chi connectivity index (χ3v) is 11.0. The molecule has 0 heterocycles. The second kappa shape index (κ2) is 33.8. The summed E-state index contributed by atoms with van der Waals surface area (Å²) in [4.78, 5) is 0. The minimum atomic E-state index is -4.00. The van der Waals surface area contributed by atoms with Crippen LogP contribution in [0.15, 0.2) is 0 Å². The smallest absolute Gasteiger partial charge is 0.309 e. The molecule has 0 aromatic heterocycles. The quantitative estimate of drug-likeness (QED) is 0.0408. The molecular formula is C40H84NO3S+. The van der Waals surface area contributed by atoms with Gasteiger partial charge >= 0.3 is 10.1 Å². The Kier molecular flexibility index (Phi) is 33.7. The van der Waals surface area contributed by atoms with Crippen molar-refractivity contribution < 1.29 is 17.5 Å². The van der Waals surface area contributed by atoms with Gasteiger partial charge in [0.05, 0.1) is 19.6 Å². The predicted octanol–water partition coefficient (Wildman–Crippen LogP) is 13.6. The fourth-order valence-corrected chi connectivity index (χ4v) is 8.29. The average Bonchev–Trinajstić information content (AvgIpc) is 3.00. The topological polar surface area (TPSA) is 54.4 Å². The van der Waals surface area contributed by atoms with Crippen LogP contribution in [0.2, 0.25) is 0 Å². The van der Waals surface area contributed by atoms with Crippen molar-refractivity contribution in [2.75, 3.05) is 25.5 Å². The molecule has 0 radical (unpaired) electrons. The lowest BCUT2D eigenvalue weighted by atomic mass is 10.0. The van der Waals surface area contributed by atoms with Crippen molar-refractivity contribution in [1.82, 2.24) is 0 Å². The number of hydrogen-bond donors (Lipinski definition) is 1. The molecule has 0 bridgehead atoms. The monoisotopic (exact) mass is 659 g/mol. The highest BCUT2D eigenvalue weighted by molar-refractivity contribution is 7.85. The minimum absolute atomic E-state index is 0.0831. The van der Waals surface area contributed by atoms with E-state index in [9.17, 15) is 13.0 Å². The molecule has 0 unspecified atom stereocenters. The van der Waals surface area contributed by atoms with E-state index in [4.69, 9.17) is 0 Å². The molecule has 272 valence electrons. The Morgan fingerprint density at radius 2 is 0.511 bits per heavy atom. The fraction of sp³-hybridized carbons (Fsp3) is 1.00. The summed E-state index contributed by atoms with van der Waals surface area (Å²) in [5.74, 6) is -0.0831. The maximum Gasteiger partial charge on any atom is 0.316 e. The van der Waals surface area contributed by atoms with Gasteiger partial charge < -0.3 is 4.48 Å². The third-order valence-electron chi connectivity index (χ3n) is 10.1. The van der Waals surface area contributed by atoms with Gasteiger partial charge in [-0.05, 0) is 38.5 Å². The van der Waals surface area contributed by atoms with Crippen LogP contribution in [0.4, 0.5) is 0 Å². The molecule has 0 aliphatic rings. The van der Waals surface area contributed by atoms with E-state index in [2.05, 4.69) is 20.8 Å². The summed E-state index contributed by atoms with van der Waals surface area (Å²) in [6, 6.07) is 0. The van der Waals surface area contributed by atoms with E-state index in [1.54, 1.807) is 0 Å². The molecular weight excluding hydrogens is 575 g/mol. The summed E-state index contributed by atoms with van der Waals surface area (Å²) < 4.78 is 35.2. The van der Waals surface area contributed by atoms with Crippen LogP contribution >= 0.6 is 0 Å². The Balaban J connectivity index is 4.64. The van der Waals surface area contributed by atoms with E-state index in [0.717, 1.165) is 38.9 Å². The van der Waals surface area contributed by atoms with Gasteiger partial charge in [0.1, 0.15) is 0 Å². The van der Waals surface area contributed by atoms with E-state index in [1.165, 1.54) is 193 Å². The maximum atomic E-state index is 12.3. The molecule has 0 atom stereocenters. The summed E-state index contributed by atoms with van der Waals surface area (Å²) in [6.45, 7) is 9.56. The Labute approximate surface area is 285 Å². The van der Waals surface area contributed by atoms with Crippen molar-refractivity contribution >= 4 is 10.1 Å². The van der Waals surface area contributed by atoms with E-state index in [-0.39, 0.29) is 5.88 Å². The molecule has 45 heavy (non-hydrogen) atoms. The first kappa shape index (κ1) is 44.9. The van der Waals surface area contributed by atoms with Crippen LogP contribution in [-0.2, 0) is 10.1 Å². The van der Waals surface area contributed by atoms with Gasteiger partial charge in [0.15, 0.2) is 0 Å². The standard InChI is InChI=1S/C40H83NO3S/c1-4-7-10-13-16-19-22-25-28-31-34-37-41(40-45(42,43)44,38-35-32-29-26-23-20-17-14-11-8-5-2)39-36-33-30-27-24-21-18-15-12-9-6-3/h4-40H2,1-3H3/p+1. The van der Waals surface area contributed by atoms with E-state index in [0.29, 0.717) is 4.48 Å². The van der Waals surface area contributed by atoms with Crippen molar-refractivity contribution in [2.45, 2.75) is 233 Å². The maximum absolute atomic E-state index is 12.3. The minimum Gasteiger partial charge on any atom is -0.309 e. The fourth-order valence-electron chi connectivity index (χ4n) is 7.21. The van der Waals surface area contributed by atoms with Gasteiger partial charge in [-0.1, -0.05) is 194 Å². The number of nitrogens with zero attached hydrogens (tertiary/aromatic N) is 1. The summed E-state index contributed by atoms with van der Waals surface area (Å²) in [6.07, 6.45) is 43.2. The van der Waals surface area contributed by atoms with Crippen LogP contribution in [0.1, 0.15) is 233 Å². The largest absolute Gasteiger partial charge is 0.316 e. The first-order valence-corrected chi connectivity index (χ1v) is 22.3. The normalized spacial score (nSPS) is 12.4. The van der Waals surface area contributed by atoms with Gasteiger partial charge in [0.25, 0.3) is 0 Å². The molecule has 0 aliphatic carbocycles. The van der Waals surface area contributed by atoms with Crippen molar-refractivity contribution in [3.8, 4) is 0 Å². The zero-order valence-corrected chi connectivity index (χ0v) is 32.1. The van der Waals surface area contributed by atoms with E-state index < -0.39 is 10.1 Å². The van der Waals surface area contributed by atoms with Crippen LogP contribution in [0.5, 0.6) is 0 Å². The lowest BCUT2D eigenvalue weighted by molar-refractivity contribution is -0.918. The van der Waals surface area contributed by atoms with Crippen LogP contribution in [0.25, 0.3) is 0 Å². The van der Waals surface area contributed by atoms with Crippen molar-refractivity contribution in [3.63, 3.8) is 0 Å². The van der Waals surface area contributed by atoms with Gasteiger partial charge in [-0.25, -0.2) is 0 Å². The van der Waals surface area contributed by atoms with Crippen molar-refractivity contribution in [3.05, 3.63) is 0 Å². The molecule has 0 saturated carbocycles. The summed E-state index contributed by atoms with van der Waals surface area (Å²) in [5, 5.41) is 0. The average molecular weight is 659 g/mol. The Hall–Kier alpha value is -0.130. The zero-order valence-electron chi connectivity index (χ0n) is 31.3. The highest BCUT2D eigenvalue weighted by atomic mass is 32.2. The van der Waals surface area contributed by atoms with Crippen molar-refractivity contribution in [1.29, 1.82) is 0 Å². The highest BCUT2D eigenvalue weighted by Gasteiger charge is 2.31. The van der Waals surface area contributed by atoms with Gasteiger partial charge in [-0.2, -0.15) is 8.42 Å². The second-order valence-corrected chi connectivity index (χ2v) is 16.3. The Morgan fingerprint density at radius 1 is 0.333 bits per heavy atom.